The van der Waals surface area contributed by atoms with Gasteiger partial charge in [-0.25, -0.2) is 4.39 Å². The first-order chi connectivity index (χ1) is 4.72. The molecule has 0 aromatic carbocycles. The molecule has 0 saturated carbocycles. The summed E-state index contributed by atoms with van der Waals surface area (Å²) in [7, 11) is 0. The van der Waals surface area contributed by atoms with Crippen molar-refractivity contribution in [3.63, 3.8) is 0 Å². The summed E-state index contributed by atoms with van der Waals surface area (Å²) >= 11 is 1.39. The van der Waals surface area contributed by atoms with Crippen LogP contribution >= 0.6 is 11.3 Å². The monoisotopic (exact) mass is 162 g/mol. The third-order valence-corrected chi connectivity index (χ3v) is 1.63. The van der Waals surface area contributed by atoms with Gasteiger partial charge in [0.2, 0.25) is 0 Å². The quantitative estimate of drug-likeness (QED) is 0.591. The highest BCUT2D eigenvalue weighted by Crippen LogP contribution is 2.09. The minimum absolute atomic E-state index is 0.0926. The van der Waals surface area contributed by atoms with Gasteiger partial charge in [0.1, 0.15) is 5.82 Å². The molecule has 0 aliphatic carbocycles. The zero-order valence-corrected chi connectivity index (χ0v) is 6.19. The van der Waals surface area contributed by atoms with Gasteiger partial charge in [0.15, 0.2) is 0 Å². The molecule has 2 nitrogen and oxygen atoms in total. The van der Waals surface area contributed by atoms with Crippen molar-refractivity contribution in [3.05, 3.63) is 22.1 Å². The summed E-state index contributed by atoms with van der Waals surface area (Å²) in [5.41, 5.74) is 0.741. The van der Waals surface area contributed by atoms with Crippen molar-refractivity contribution in [2.75, 3.05) is 0 Å². The van der Waals surface area contributed by atoms with Gasteiger partial charge in [-0.15, -0.1) is 11.3 Å². The van der Waals surface area contributed by atoms with Crippen LogP contribution in [0.15, 0.2) is 10.8 Å². The Bertz CT molecular complexity index is 181. The van der Waals surface area contributed by atoms with Gasteiger partial charge in [-0.1, -0.05) is 0 Å². The molecule has 1 rings (SSSR count). The van der Waals surface area contributed by atoms with E-state index in [2.05, 4.69) is 0 Å². The zero-order chi connectivity index (χ0) is 7.98. The Morgan fingerprint density at radius 2 is 2.20 bits per heavy atom. The van der Waals surface area contributed by atoms with E-state index in [1.54, 1.807) is 12.3 Å². The lowest BCUT2D eigenvalue weighted by atomic mass is 10.4. The molecule has 0 saturated heterocycles. The lowest BCUT2D eigenvalue weighted by Crippen LogP contribution is -1.65. The maximum absolute atomic E-state index is 12.1. The van der Waals surface area contributed by atoms with E-state index in [9.17, 15) is 4.39 Å². The van der Waals surface area contributed by atoms with Crippen LogP contribution in [0.4, 0.5) is 4.39 Å². The number of aryl methyl sites for hydroxylation is 1. The van der Waals surface area contributed by atoms with E-state index in [1.165, 1.54) is 16.7 Å². The van der Waals surface area contributed by atoms with E-state index in [1.807, 2.05) is 0 Å². The number of carboxylic acid groups (broad SMARTS) is 1. The van der Waals surface area contributed by atoms with Crippen LogP contribution in [0, 0.1) is 12.7 Å². The minimum atomic E-state index is -0.250. The van der Waals surface area contributed by atoms with E-state index in [0.717, 1.165) is 5.56 Å². The molecule has 0 amide bonds. The molecule has 1 heterocycles. The number of carbonyl (C=O) groups is 1. The Kier molecular flexibility index (Phi) is 4.49. The normalized spacial score (nSPS) is 7.80. The fourth-order valence-electron chi connectivity index (χ4n) is 0.345. The van der Waals surface area contributed by atoms with Gasteiger partial charge in [-0.3, -0.25) is 4.79 Å². The van der Waals surface area contributed by atoms with Crippen LogP contribution in [0.25, 0.3) is 0 Å². The molecular weight excluding hydrogens is 155 g/mol. The first kappa shape index (κ1) is 9.10. The van der Waals surface area contributed by atoms with Crippen molar-refractivity contribution in [2.24, 2.45) is 0 Å². The van der Waals surface area contributed by atoms with E-state index >= 15 is 0 Å². The first-order valence-electron chi connectivity index (χ1n) is 2.48. The maximum Gasteiger partial charge on any atom is 0.290 e. The van der Waals surface area contributed by atoms with Gasteiger partial charge in [0.25, 0.3) is 6.47 Å². The number of halogens is 1. The van der Waals surface area contributed by atoms with Crippen LogP contribution in [0.3, 0.4) is 0 Å². The average Bonchev–Trinajstić information content (AvgIpc) is 2.19. The Hall–Kier alpha value is -0.900. The van der Waals surface area contributed by atoms with Crippen molar-refractivity contribution >= 4 is 17.8 Å². The molecule has 0 unspecified atom stereocenters. The Morgan fingerprint density at radius 1 is 1.70 bits per heavy atom. The molecule has 0 fully saturated rings. The topological polar surface area (TPSA) is 37.3 Å². The molecule has 0 aliphatic heterocycles. The highest BCUT2D eigenvalue weighted by molar-refractivity contribution is 7.08. The van der Waals surface area contributed by atoms with Gasteiger partial charge in [-0.05, 0) is 17.9 Å². The van der Waals surface area contributed by atoms with Crippen LogP contribution in [0.1, 0.15) is 5.56 Å². The summed E-state index contributed by atoms with van der Waals surface area (Å²) in [5.74, 6) is -0.0926. The summed E-state index contributed by atoms with van der Waals surface area (Å²) in [6.07, 6.45) is 0. The summed E-state index contributed by atoms with van der Waals surface area (Å²) in [5, 5.41) is 10.2. The van der Waals surface area contributed by atoms with Gasteiger partial charge < -0.3 is 5.11 Å². The highest BCUT2D eigenvalue weighted by atomic mass is 32.1. The van der Waals surface area contributed by atoms with E-state index in [0.29, 0.717) is 0 Å². The summed E-state index contributed by atoms with van der Waals surface area (Å²) in [6, 6.07) is 0. The van der Waals surface area contributed by atoms with E-state index in [-0.39, 0.29) is 12.3 Å². The molecule has 56 valence electrons. The van der Waals surface area contributed by atoms with Crippen molar-refractivity contribution < 1.29 is 14.3 Å². The molecular formula is C6H7FO2S. The van der Waals surface area contributed by atoms with Crippen molar-refractivity contribution in [1.29, 1.82) is 0 Å². The molecule has 0 atom stereocenters. The minimum Gasteiger partial charge on any atom is -0.483 e. The van der Waals surface area contributed by atoms with Crippen molar-refractivity contribution in [2.45, 2.75) is 6.92 Å². The lowest BCUT2D eigenvalue weighted by Gasteiger charge is -1.75. The van der Waals surface area contributed by atoms with Crippen LogP contribution in [0.5, 0.6) is 0 Å². The number of rotatable bonds is 0. The van der Waals surface area contributed by atoms with Crippen LogP contribution < -0.4 is 0 Å². The lowest BCUT2D eigenvalue weighted by molar-refractivity contribution is -0.122. The number of hydrogen-bond donors (Lipinski definition) is 1. The molecule has 1 aromatic heterocycles. The number of hydrogen-bond acceptors (Lipinski definition) is 2. The third kappa shape index (κ3) is 3.19. The largest absolute Gasteiger partial charge is 0.483 e. The average molecular weight is 162 g/mol. The molecule has 0 aliphatic rings. The molecule has 1 N–H and O–H groups in total. The van der Waals surface area contributed by atoms with Gasteiger partial charge in [-0.2, -0.15) is 0 Å². The van der Waals surface area contributed by atoms with Gasteiger partial charge >= 0.3 is 0 Å². The van der Waals surface area contributed by atoms with E-state index < -0.39 is 0 Å². The van der Waals surface area contributed by atoms with Crippen molar-refractivity contribution in [1.82, 2.24) is 0 Å². The second-order valence-corrected chi connectivity index (χ2v) is 2.25. The molecule has 0 spiro atoms. The molecule has 4 heteroatoms. The van der Waals surface area contributed by atoms with Gasteiger partial charge in [0, 0.05) is 5.38 Å². The second kappa shape index (κ2) is 4.93. The van der Waals surface area contributed by atoms with Crippen LogP contribution in [-0.4, -0.2) is 11.6 Å². The highest BCUT2D eigenvalue weighted by Gasteiger charge is 1.91. The van der Waals surface area contributed by atoms with Crippen LogP contribution in [-0.2, 0) is 4.79 Å². The van der Waals surface area contributed by atoms with Gasteiger partial charge in [0.05, 0.1) is 0 Å². The standard InChI is InChI=1S/C5H5FS.CH2O2/c1-4-2-7-3-5(4)6;2-1-3/h2-3H,1H3;1H,(H,2,3). The number of thiophene rings is 1. The Labute approximate surface area is 61.9 Å². The van der Waals surface area contributed by atoms with Crippen LogP contribution in [0.2, 0.25) is 0 Å². The van der Waals surface area contributed by atoms with Crippen molar-refractivity contribution in [3.8, 4) is 0 Å². The summed E-state index contributed by atoms with van der Waals surface area (Å²) in [4.78, 5) is 8.36. The molecule has 10 heavy (non-hydrogen) atoms. The predicted molar refractivity (Wildman–Crippen MR) is 37.7 cm³/mol. The first-order valence-corrected chi connectivity index (χ1v) is 3.42. The Balaban J connectivity index is 0.000000236. The third-order valence-electron chi connectivity index (χ3n) is 0.793. The molecule has 0 radical (unpaired) electrons. The second-order valence-electron chi connectivity index (χ2n) is 1.51. The Morgan fingerprint density at radius 3 is 2.30 bits per heavy atom. The fraction of sp³-hybridized carbons (Fsp3) is 0.167. The summed E-state index contributed by atoms with van der Waals surface area (Å²) in [6.45, 7) is 1.51. The SMILES string of the molecule is Cc1cscc1F.O=CO. The molecule has 1 aromatic rings. The molecule has 0 bridgehead atoms. The predicted octanol–water partition coefficient (Wildman–Crippen LogP) is 1.90. The van der Waals surface area contributed by atoms with E-state index in [4.69, 9.17) is 9.90 Å². The maximum atomic E-state index is 12.1. The smallest absolute Gasteiger partial charge is 0.290 e. The fourth-order valence-corrected chi connectivity index (χ4v) is 1.04. The zero-order valence-electron chi connectivity index (χ0n) is 5.37. The summed E-state index contributed by atoms with van der Waals surface area (Å²) < 4.78 is 12.1.